The van der Waals surface area contributed by atoms with Gasteiger partial charge in [-0.25, -0.2) is 14.8 Å². The predicted octanol–water partition coefficient (Wildman–Crippen LogP) is 2.08. The average molecular weight is 330 g/mol. The van der Waals surface area contributed by atoms with E-state index < -0.39 is 12.0 Å². The van der Waals surface area contributed by atoms with Gasteiger partial charge in [0.2, 0.25) is 0 Å². The van der Waals surface area contributed by atoms with Crippen molar-refractivity contribution >= 4 is 23.0 Å². The topological polar surface area (TPSA) is 86.1 Å². The summed E-state index contributed by atoms with van der Waals surface area (Å²) in [6.07, 6.45) is 6.34. The Hall–Kier alpha value is -2.44. The van der Waals surface area contributed by atoms with Crippen LogP contribution in [0.25, 0.3) is 11.2 Å². The van der Waals surface area contributed by atoms with Crippen molar-refractivity contribution < 1.29 is 14.3 Å². The first-order chi connectivity index (χ1) is 11.5. The normalized spacial score (nSPS) is 16.6. The fraction of sp³-hybridized carbons (Fsp3) is 0.529. The molecule has 128 valence electrons. The van der Waals surface area contributed by atoms with Crippen LogP contribution in [0.2, 0.25) is 0 Å². The molecule has 3 rings (SSSR count). The van der Waals surface area contributed by atoms with E-state index in [2.05, 4.69) is 15.3 Å². The molecule has 1 aliphatic carbocycles. The number of pyridine rings is 1. The van der Waals surface area contributed by atoms with Crippen LogP contribution in [0, 0.1) is 5.92 Å². The number of fused-ring (bicyclic) bond motifs is 1. The number of rotatable bonds is 6. The van der Waals surface area contributed by atoms with Crippen LogP contribution in [0.1, 0.15) is 49.5 Å². The van der Waals surface area contributed by atoms with Gasteiger partial charge in [0, 0.05) is 12.2 Å². The molecule has 0 unspecified atom stereocenters. The van der Waals surface area contributed by atoms with Gasteiger partial charge in [0.15, 0.2) is 5.65 Å². The smallest absolute Gasteiger partial charge is 0.328 e. The first-order valence-electron chi connectivity index (χ1n) is 8.26. The first kappa shape index (κ1) is 16.4. The van der Waals surface area contributed by atoms with Crippen molar-refractivity contribution in [1.82, 2.24) is 19.9 Å². The Bertz CT molecular complexity index is 766. The second-order valence-corrected chi connectivity index (χ2v) is 6.31. The largest absolute Gasteiger partial charge is 0.467 e. The van der Waals surface area contributed by atoms with Gasteiger partial charge in [-0.3, -0.25) is 4.79 Å². The van der Waals surface area contributed by atoms with Crippen molar-refractivity contribution in [3.05, 3.63) is 24.2 Å². The molecule has 0 aliphatic heterocycles. The van der Waals surface area contributed by atoms with E-state index in [-0.39, 0.29) is 11.8 Å². The lowest BCUT2D eigenvalue weighted by atomic mass is 9.99. The zero-order valence-electron chi connectivity index (χ0n) is 14.2. The van der Waals surface area contributed by atoms with E-state index in [9.17, 15) is 9.59 Å². The molecule has 0 radical (unpaired) electrons. The van der Waals surface area contributed by atoms with E-state index in [1.807, 2.05) is 18.4 Å². The van der Waals surface area contributed by atoms with Crippen molar-refractivity contribution in [3.63, 3.8) is 0 Å². The highest BCUT2D eigenvalue weighted by Gasteiger charge is 2.28. The summed E-state index contributed by atoms with van der Waals surface area (Å²) in [7, 11) is 1.32. The Labute approximate surface area is 140 Å². The summed E-state index contributed by atoms with van der Waals surface area (Å²) in [5.41, 5.74) is 1.87. The molecular formula is C17H22N4O3. The van der Waals surface area contributed by atoms with Crippen LogP contribution >= 0.6 is 0 Å². The summed E-state index contributed by atoms with van der Waals surface area (Å²) in [6.45, 7) is 3.87. The maximum absolute atomic E-state index is 12.5. The number of ether oxygens (including phenoxy) is 1. The van der Waals surface area contributed by atoms with Gasteiger partial charge in [-0.05, 0) is 24.8 Å². The minimum Gasteiger partial charge on any atom is -0.467 e. The summed E-state index contributed by atoms with van der Waals surface area (Å²) in [5.74, 6) is -0.807. The third-order valence-corrected chi connectivity index (χ3v) is 4.57. The van der Waals surface area contributed by atoms with Crippen LogP contribution in [0.15, 0.2) is 18.6 Å². The molecule has 2 heterocycles. The number of hydrogen-bond acceptors (Lipinski definition) is 5. The Balaban J connectivity index is 1.80. The molecule has 7 heteroatoms. The van der Waals surface area contributed by atoms with Crippen molar-refractivity contribution in [1.29, 1.82) is 0 Å². The highest BCUT2D eigenvalue weighted by Crippen LogP contribution is 2.36. The number of esters is 1. The summed E-state index contributed by atoms with van der Waals surface area (Å²) in [4.78, 5) is 33.1. The van der Waals surface area contributed by atoms with E-state index >= 15 is 0 Å². The second-order valence-electron chi connectivity index (χ2n) is 6.31. The zero-order chi connectivity index (χ0) is 17.3. The van der Waals surface area contributed by atoms with Gasteiger partial charge in [0.1, 0.15) is 11.6 Å². The highest BCUT2D eigenvalue weighted by atomic mass is 16.5. The minimum atomic E-state index is -0.674. The third kappa shape index (κ3) is 3.11. The molecule has 0 spiro atoms. The van der Waals surface area contributed by atoms with E-state index in [1.54, 1.807) is 12.4 Å². The fourth-order valence-electron chi connectivity index (χ4n) is 2.68. The van der Waals surface area contributed by atoms with E-state index in [0.717, 1.165) is 24.9 Å². The minimum absolute atomic E-state index is 0.0211. The predicted molar refractivity (Wildman–Crippen MR) is 88.5 cm³/mol. The third-order valence-electron chi connectivity index (χ3n) is 4.57. The number of nitrogens with one attached hydrogen (secondary N) is 1. The lowest BCUT2D eigenvalue weighted by molar-refractivity contribution is -0.144. The van der Waals surface area contributed by atoms with Gasteiger partial charge in [-0.15, -0.1) is 0 Å². The van der Waals surface area contributed by atoms with Crippen LogP contribution in [-0.2, 0) is 9.53 Å². The summed E-state index contributed by atoms with van der Waals surface area (Å²) in [5, 5.41) is 2.75. The summed E-state index contributed by atoms with van der Waals surface area (Å²) >= 11 is 0. The van der Waals surface area contributed by atoms with Crippen LogP contribution in [-0.4, -0.2) is 39.6 Å². The number of amides is 1. The number of imidazole rings is 1. The lowest BCUT2D eigenvalue weighted by Crippen LogP contribution is -2.45. The molecule has 0 bridgehead atoms. The van der Waals surface area contributed by atoms with Gasteiger partial charge in [-0.2, -0.15) is 0 Å². The molecule has 1 fully saturated rings. The Morgan fingerprint density at radius 1 is 1.42 bits per heavy atom. The van der Waals surface area contributed by atoms with E-state index in [1.165, 1.54) is 13.3 Å². The van der Waals surface area contributed by atoms with Crippen molar-refractivity contribution in [2.45, 2.75) is 45.2 Å². The number of hydrogen-bond donors (Lipinski definition) is 1. The molecule has 1 amide bonds. The van der Waals surface area contributed by atoms with Crippen molar-refractivity contribution in [2.24, 2.45) is 5.92 Å². The summed E-state index contributed by atoms with van der Waals surface area (Å²) in [6, 6.07) is 1.52. The molecule has 0 saturated heterocycles. The van der Waals surface area contributed by atoms with Crippen LogP contribution < -0.4 is 5.32 Å². The fourth-order valence-corrected chi connectivity index (χ4v) is 2.68. The van der Waals surface area contributed by atoms with E-state index in [4.69, 9.17) is 4.74 Å². The summed E-state index contributed by atoms with van der Waals surface area (Å²) < 4.78 is 6.84. The molecular weight excluding hydrogens is 308 g/mol. The van der Waals surface area contributed by atoms with Gasteiger partial charge in [-0.1, -0.05) is 20.3 Å². The lowest BCUT2D eigenvalue weighted by Gasteiger charge is -2.21. The molecule has 7 nitrogen and oxygen atoms in total. The molecule has 1 saturated carbocycles. The van der Waals surface area contributed by atoms with Crippen molar-refractivity contribution in [2.75, 3.05) is 7.11 Å². The van der Waals surface area contributed by atoms with Gasteiger partial charge >= 0.3 is 5.97 Å². The molecule has 2 aromatic rings. The first-order valence-corrected chi connectivity index (χ1v) is 8.26. The zero-order valence-corrected chi connectivity index (χ0v) is 14.2. The number of methoxy groups -OCH3 is 1. The standard InChI is InChI=1S/C17H22N4O3/c1-4-10(2)14(17(23)24-3)20-16(22)11-7-13-15(18-8-11)21(9-19-13)12-5-6-12/h7-10,12,14H,4-6H2,1-3H3,(H,20,22)/t10-,14-/m0/s1. The maximum atomic E-state index is 12.5. The molecule has 2 aromatic heterocycles. The van der Waals surface area contributed by atoms with Gasteiger partial charge in [0.05, 0.1) is 19.0 Å². The SMILES string of the molecule is CC[C@H](C)[C@H](NC(=O)c1cnc2c(c1)ncn2C1CC1)C(=O)OC. The molecule has 0 aromatic carbocycles. The molecule has 1 N–H and O–H groups in total. The van der Waals surface area contributed by atoms with Crippen LogP contribution in [0.5, 0.6) is 0 Å². The highest BCUT2D eigenvalue weighted by molar-refractivity contribution is 5.98. The molecule has 1 aliphatic rings. The van der Waals surface area contributed by atoms with Crippen LogP contribution in [0.3, 0.4) is 0 Å². The maximum Gasteiger partial charge on any atom is 0.328 e. The van der Waals surface area contributed by atoms with E-state index in [0.29, 0.717) is 17.1 Å². The Morgan fingerprint density at radius 2 is 2.17 bits per heavy atom. The van der Waals surface area contributed by atoms with Crippen molar-refractivity contribution in [3.8, 4) is 0 Å². The quantitative estimate of drug-likeness (QED) is 0.820. The molecule has 24 heavy (non-hydrogen) atoms. The Morgan fingerprint density at radius 3 is 2.79 bits per heavy atom. The monoisotopic (exact) mass is 330 g/mol. The average Bonchev–Trinajstić information content (AvgIpc) is 3.36. The van der Waals surface area contributed by atoms with Crippen LogP contribution in [0.4, 0.5) is 0 Å². The number of nitrogens with zero attached hydrogens (tertiary/aromatic N) is 3. The second kappa shape index (κ2) is 6.59. The number of carbonyl (C=O) groups excluding carboxylic acids is 2. The number of aromatic nitrogens is 3. The Kier molecular flexibility index (Phi) is 4.51. The molecule has 2 atom stereocenters. The van der Waals surface area contributed by atoms with Gasteiger partial charge in [0.25, 0.3) is 5.91 Å². The van der Waals surface area contributed by atoms with Gasteiger partial charge < -0.3 is 14.6 Å². The number of carbonyl (C=O) groups is 2.